The van der Waals surface area contributed by atoms with Crippen LogP contribution >= 0.6 is 0 Å². The highest BCUT2D eigenvalue weighted by Crippen LogP contribution is 2.46. The van der Waals surface area contributed by atoms with E-state index in [9.17, 15) is 4.79 Å². The van der Waals surface area contributed by atoms with E-state index in [0.717, 1.165) is 25.7 Å². The fraction of sp³-hybridized carbons (Fsp3) is 0.938. The Bertz CT molecular complexity index is 351. The molecule has 0 radical (unpaired) electrons. The number of hydrogen-bond acceptors (Lipinski definition) is 2. The van der Waals surface area contributed by atoms with E-state index in [-0.39, 0.29) is 11.9 Å². The van der Waals surface area contributed by atoms with Crippen molar-refractivity contribution in [2.45, 2.75) is 78.3 Å². The summed E-state index contributed by atoms with van der Waals surface area (Å²) in [5.74, 6) is 0.436. The molecule has 2 aliphatic rings. The van der Waals surface area contributed by atoms with Gasteiger partial charge in [0.1, 0.15) is 0 Å². The van der Waals surface area contributed by atoms with Gasteiger partial charge in [0.15, 0.2) is 0 Å². The van der Waals surface area contributed by atoms with Crippen LogP contribution in [0.2, 0.25) is 0 Å². The van der Waals surface area contributed by atoms with Crippen LogP contribution in [0.25, 0.3) is 0 Å². The van der Waals surface area contributed by atoms with E-state index in [1.165, 1.54) is 6.42 Å². The molecule has 110 valence electrons. The van der Waals surface area contributed by atoms with Crippen molar-refractivity contribution in [3.8, 4) is 0 Å². The maximum Gasteiger partial charge on any atom is 0.240 e. The molecule has 0 bridgehead atoms. The molecule has 0 aromatic rings. The number of nitrogens with two attached hydrogens (primary N) is 1. The third kappa shape index (κ3) is 3.50. The molecule has 0 aliphatic heterocycles. The Morgan fingerprint density at radius 1 is 1.16 bits per heavy atom. The van der Waals surface area contributed by atoms with E-state index in [4.69, 9.17) is 5.73 Å². The van der Waals surface area contributed by atoms with Gasteiger partial charge in [-0.15, -0.1) is 0 Å². The van der Waals surface area contributed by atoms with Crippen LogP contribution in [0.1, 0.15) is 66.7 Å². The zero-order valence-electron chi connectivity index (χ0n) is 13.2. The molecule has 2 saturated carbocycles. The zero-order chi connectivity index (χ0) is 14.5. The summed E-state index contributed by atoms with van der Waals surface area (Å²) >= 11 is 0. The monoisotopic (exact) mass is 266 g/mol. The normalized spacial score (nSPS) is 29.6. The third-order valence-electron chi connectivity index (χ3n) is 4.80. The molecular formula is C16H30N2O. The van der Waals surface area contributed by atoms with E-state index in [0.29, 0.717) is 16.7 Å². The second-order valence-electron chi connectivity index (χ2n) is 8.64. The van der Waals surface area contributed by atoms with Crippen LogP contribution in [-0.2, 0) is 4.79 Å². The smallest absolute Gasteiger partial charge is 0.240 e. The Hall–Kier alpha value is -0.570. The predicted molar refractivity (Wildman–Crippen MR) is 78.7 cm³/mol. The SMILES string of the molecule is CC1(C)CC(NC(=O)C(C)(N)C2CC2)CC(C)(C)C1. The number of rotatable bonds is 3. The molecule has 2 aliphatic carbocycles. The lowest BCUT2D eigenvalue weighted by Crippen LogP contribution is -2.57. The fourth-order valence-corrected chi connectivity index (χ4v) is 4.16. The summed E-state index contributed by atoms with van der Waals surface area (Å²) in [7, 11) is 0. The van der Waals surface area contributed by atoms with Crippen molar-refractivity contribution in [1.29, 1.82) is 0 Å². The highest BCUT2D eigenvalue weighted by molar-refractivity contribution is 5.86. The van der Waals surface area contributed by atoms with Crippen molar-refractivity contribution in [3.63, 3.8) is 0 Å². The molecule has 3 heteroatoms. The second-order valence-corrected chi connectivity index (χ2v) is 8.64. The molecule has 0 spiro atoms. The van der Waals surface area contributed by atoms with Crippen LogP contribution in [-0.4, -0.2) is 17.5 Å². The van der Waals surface area contributed by atoms with E-state index >= 15 is 0 Å². The van der Waals surface area contributed by atoms with Crippen molar-refractivity contribution >= 4 is 5.91 Å². The Morgan fingerprint density at radius 2 is 1.63 bits per heavy atom. The quantitative estimate of drug-likeness (QED) is 0.825. The Balaban J connectivity index is 2.00. The summed E-state index contributed by atoms with van der Waals surface area (Å²) in [5, 5.41) is 3.23. The Morgan fingerprint density at radius 3 is 2.05 bits per heavy atom. The minimum atomic E-state index is -0.675. The lowest BCUT2D eigenvalue weighted by molar-refractivity contribution is -0.128. The molecule has 1 atom stereocenters. The molecule has 1 unspecified atom stereocenters. The summed E-state index contributed by atoms with van der Waals surface area (Å²) in [4.78, 5) is 12.4. The number of nitrogens with one attached hydrogen (secondary N) is 1. The second kappa shape index (κ2) is 4.47. The summed E-state index contributed by atoms with van der Waals surface area (Å²) in [6, 6.07) is 0.271. The number of carbonyl (C=O) groups excluding carboxylic acids is 1. The van der Waals surface area contributed by atoms with Crippen LogP contribution in [0.4, 0.5) is 0 Å². The van der Waals surface area contributed by atoms with Gasteiger partial charge in [-0.3, -0.25) is 4.79 Å². The van der Waals surface area contributed by atoms with Crippen LogP contribution in [0, 0.1) is 16.7 Å². The molecule has 2 fully saturated rings. The average molecular weight is 266 g/mol. The maximum atomic E-state index is 12.4. The highest BCUT2D eigenvalue weighted by Gasteiger charge is 2.46. The molecular weight excluding hydrogens is 236 g/mol. The van der Waals surface area contributed by atoms with Gasteiger partial charge in [0.05, 0.1) is 5.54 Å². The van der Waals surface area contributed by atoms with Crippen molar-refractivity contribution < 1.29 is 4.79 Å². The van der Waals surface area contributed by atoms with Gasteiger partial charge < -0.3 is 11.1 Å². The topological polar surface area (TPSA) is 55.1 Å². The molecule has 0 aromatic carbocycles. The largest absolute Gasteiger partial charge is 0.352 e. The first-order chi connectivity index (χ1) is 8.52. The molecule has 3 N–H and O–H groups in total. The van der Waals surface area contributed by atoms with Gasteiger partial charge in [0.2, 0.25) is 5.91 Å². The molecule has 2 rings (SSSR count). The van der Waals surface area contributed by atoms with Crippen molar-refractivity contribution in [2.75, 3.05) is 0 Å². The van der Waals surface area contributed by atoms with Gasteiger partial charge in [-0.2, -0.15) is 0 Å². The standard InChI is InChI=1S/C16H30N2O/c1-14(2)8-12(9-15(3,4)10-14)18-13(19)16(5,17)11-6-7-11/h11-12H,6-10,17H2,1-5H3,(H,18,19). The molecule has 3 nitrogen and oxygen atoms in total. The fourth-order valence-electron chi connectivity index (χ4n) is 4.16. The van der Waals surface area contributed by atoms with Gasteiger partial charge in [-0.1, -0.05) is 27.7 Å². The van der Waals surface area contributed by atoms with Gasteiger partial charge in [-0.05, 0) is 55.8 Å². The predicted octanol–water partition coefficient (Wildman–Crippen LogP) is 2.83. The molecule has 19 heavy (non-hydrogen) atoms. The van der Waals surface area contributed by atoms with Gasteiger partial charge >= 0.3 is 0 Å². The van der Waals surface area contributed by atoms with Crippen molar-refractivity contribution in [1.82, 2.24) is 5.32 Å². The maximum absolute atomic E-state index is 12.4. The van der Waals surface area contributed by atoms with Crippen molar-refractivity contribution in [2.24, 2.45) is 22.5 Å². The molecule has 1 amide bonds. The van der Waals surface area contributed by atoms with Gasteiger partial charge in [-0.25, -0.2) is 0 Å². The Kier molecular flexibility index (Phi) is 3.49. The lowest BCUT2D eigenvalue weighted by atomic mass is 9.63. The van der Waals surface area contributed by atoms with Crippen LogP contribution in [0.3, 0.4) is 0 Å². The number of amides is 1. The summed E-state index contributed by atoms with van der Waals surface area (Å²) in [6.45, 7) is 11.1. The van der Waals surface area contributed by atoms with E-state index in [2.05, 4.69) is 33.0 Å². The lowest BCUT2D eigenvalue weighted by Gasteiger charge is -2.45. The van der Waals surface area contributed by atoms with Gasteiger partial charge in [0, 0.05) is 6.04 Å². The molecule has 0 saturated heterocycles. The van der Waals surface area contributed by atoms with E-state index < -0.39 is 5.54 Å². The van der Waals surface area contributed by atoms with Crippen LogP contribution in [0.5, 0.6) is 0 Å². The highest BCUT2D eigenvalue weighted by atomic mass is 16.2. The minimum absolute atomic E-state index is 0.0495. The summed E-state index contributed by atoms with van der Waals surface area (Å²) < 4.78 is 0. The number of hydrogen-bond donors (Lipinski definition) is 2. The third-order valence-corrected chi connectivity index (χ3v) is 4.80. The van der Waals surface area contributed by atoms with Crippen LogP contribution in [0.15, 0.2) is 0 Å². The molecule has 0 heterocycles. The first-order valence-corrected chi connectivity index (χ1v) is 7.62. The van der Waals surface area contributed by atoms with E-state index in [1.54, 1.807) is 0 Å². The van der Waals surface area contributed by atoms with Crippen LogP contribution < -0.4 is 11.1 Å². The first kappa shape index (κ1) is 14.8. The Labute approximate surface area is 117 Å². The van der Waals surface area contributed by atoms with E-state index in [1.807, 2.05) is 6.92 Å². The molecule has 0 aromatic heterocycles. The summed E-state index contributed by atoms with van der Waals surface area (Å²) in [6.07, 6.45) is 5.53. The minimum Gasteiger partial charge on any atom is -0.352 e. The average Bonchev–Trinajstić information content (AvgIpc) is 2.93. The summed E-state index contributed by atoms with van der Waals surface area (Å²) in [5.41, 5.74) is 6.12. The number of carbonyl (C=O) groups is 1. The first-order valence-electron chi connectivity index (χ1n) is 7.62. The zero-order valence-corrected chi connectivity index (χ0v) is 13.2. The van der Waals surface area contributed by atoms with Crippen molar-refractivity contribution in [3.05, 3.63) is 0 Å². The van der Waals surface area contributed by atoms with Gasteiger partial charge in [0.25, 0.3) is 0 Å².